The van der Waals surface area contributed by atoms with Crippen molar-refractivity contribution in [3.8, 4) is 28.4 Å². The lowest BCUT2D eigenvalue weighted by Gasteiger charge is -2.13. The van der Waals surface area contributed by atoms with Crippen molar-refractivity contribution in [1.82, 2.24) is 48.3 Å². The zero-order valence-electron chi connectivity index (χ0n) is 61.3. The molecule has 0 amide bonds. The van der Waals surface area contributed by atoms with Gasteiger partial charge in [-0.1, -0.05) is 102 Å². The molecule has 98 heavy (non-hydrogen) atoms. The first-order valence-electron chi connectivity index (χ1n) is 33.9. The van der Waals surface area contributed by atoms with E-state index in [0.29, 0.717) is 11.8 Å². The van der Waals surface area contributed by atoms with E-state index in [1.165, 1.54) is 116 Å². The Morgan fingerprint density at radius 3 is 1.36 bits per heavy atom. The summed E-state index contributed by atoms with van der Waals surface area (Å²) in [5.74, 6) is 0.851. The monoisotopic (exact) mass is 1300 g/mol. The van der Waals surface area contributed by atoms with Crippen molar-refractivity contribution in [3.05, 3.63) is 268 Å². The van der Waals surface area contributed by atoms with Crippen molar-refractivity contribution in [2.75, 3.05) is 0 Å². The fraction of sp³-hybridized carbons (Fsp3) is 0.277. The molecule has 15 heteroatoms. The number of hydrogen-bond donors (Lipinski definition) is 0. The summed E-state index contributed by atoms with van der Waals surface area (Å²) in [6.07, 6.45) is 12.0. The third-order valence-electron chi connectivity index (χ3n) is 19.0. The van der Waals surface area contributed by atoms with Crippen LogP contribution in [0.5, 0.6) is 0 Å². The van der Waals surface area contributed by atoms with Crippen LogP contribution in [-0.4, -0.2) is 48.3 Å². The van der Waals surface area contributed by atoms with Gasteiger partial charge in [0.05, 0.1) is 77.0 Å². The summed E-state index contributed by atoms with van der Waals surface area (Å²) < 4.78 is 22.1. The molecule has 0 spiro atoms. The van der Waals surface area contributed by atoms with E-state index in [0.717, 1.165) is 45.5 Å². The van der Waals surface area contributed by atoms with Crippen LogP contribution in [0, 0.1) is 83.1 Å². The van der Waals surface area contributed by atoms with Gasteiger partial charge in [0, 0.05) is 64.4 Å². The Bertz CT molecular complexity index is 5410. The molecule has 0 bridgehead atoms. The van der Waals surface area contributed by atoms with E-state index in [2.05, 4.69) is 368 Å². The number of aryl methyl sites for hydroxylation is 14. The molecule has 0 atom stereocenters. The van der Waals surface area contributed by atoms with Crippen LogP contribution >= 0.6 is 0 Å². The number of rotatable bonds is 7. The zero-order chi connectivity index (χ0) is 70.1. The Balaban J connectivity index is 0.000000124. The highest BCUT2D eigenvalue weighted by molar-refractivity contribution is 5.82. The average molecular weight is 1300 g/mol. The van der Waals surface area contributed by atoms with Gasteiger partial charge in [0.2, 0.25) is 28.9 Å². The molecule has 0 aliphatic carbocycles. The zero-order valence-corrected chi connectivity index (χ0v) is 61.3. The summed E-state index contributed by atoms with van der Waals surface area (Å²) in [5.41, 5.74) is 28.5. The lowest BCUT2D eigenvalue weighted by atomic mass is 10.0. The van der Waals surface area contributed by atoms with E-state index in [1.807, 2.05) is 38.6 Å². The maximum Gasteiger partial charge on any atom is 0.260 e. The van der Waals surface area contributed by atoms with Crippen LogP contribution in [-0.2, 0) is 35.2 Å². The summed E-state index contributed by atoms with van der Waals surface area (Å²) in [7, 11) is 10.4. The van der Waals surface area contributed by atoms with Crippen molar-refractivity contribution >= 4 is 54.5 Å². The van der Waals surface area contributed by atoms with Gasteiger partial charge in [0.25, 0.3) is 17.1 Å². The highest BCUT2D eigenvalue weighted by Gasteiger charge is 2.29. The van der Waals surface area contributed by atoms with Crippen LogP contribution in [0.2, 0.25) is 0 Å². The quantitative estimate of drug-likeness (QED) is 0.148. The Labute approximate surface area is 577 Å². The van der Waals surface area contributed by atoms with E-state index < -0.39 is 0 Å². The van der Waals surface area contributed by atoms with Crippen LogP contribution in [0.3, 0.4) is 0 Å². The molecule has 15 aromatic rings. The Kier molecular flexibility index (Phi) is 19.9. The molecule has 5 aromatic carbocycles. The molecular formula is C83H96N15+5. The summed E-state index contributed by atoms with van der Waals surface area (Å²) in [4.78, 5) is 22.7. The topological polar surface area (TPSA) is 108 Å². The average Bonchev–Trinajstić information content (AvgIpc) is 1.61. The lowest BCUT2D eigenvalue weighted by Crippen LogP contribution is -2.41. The minimum absolute atomic E-state index is 0.395. The number of benzene rings is 5. The SMILES string of the molecule is Cc1cc(C(C)C)ncc1-n1c2ccccc2c[n+]1C.Cc1cc(C)c(-[n+]2c3ccccc3c(C)n2C)c(C)n1.Cc1cc(C)c(-[n+]2c3ccccc3c(C)n2C)cn1.Cc1ccnc(C(C)C)c1-n1c2ccccc2c[n+]1C.Cc1ccnc(C)c1-[n+]1c2ccccc2c(C)n1C. The number of aromatic nitrogens is 15. The van der Waals surface area contributed by atoms with Gasteiger partial charge in [-0.2, -0.15) is 14.0 Å². The first kappa shape index (κ1) is 68.6. The molecule has 0 fully saturated rings. The Morgan fingerprint density at radius 1 is 0.388 bits per heavy atom. The number of pyridine rings is 5. The normalized spacial score (nSPS) is 11.3. The van der Waals surface area contributed by atoms with Crippen molar-refractivity contribution in [3.63, 3.8) is 0 Å². The summed E-state index contributed by atoms with van der Waals surface area (Å²) in [5, 5.41) is 6.34. The highest BCUT2D eigenvalue weighted by atomic mass is 15.4. The van der Waals surface area contributed by atoms with E-state index >= 15 is 0 Å². The van der Waals surface area contributed by atoms with Gasteiger partial charge in [-0.05, 0) is 179 Å². The molecule has 0 unspecified atom stereocenters. The fourth-order valence-corrected chi connectivity index (χ4v) is 13.8. The van der Waals surface area contributed by atoms with Crippen LogP contribution in [0.4, 0.5) is 0 Å². The van der Waals surface area contributed by atoms with E-state index in [9.17, 15) is 0 Å². The van der Waals surface area contributed by atoms with Crippen molar-refractivity contribution in [2.24, 2.45) is 35.2 Å². The first-order chi connectivity index (χ1) is 46.9. The molecule has 0 aliphatic heterocycles. The maximum atomic E-state index is 4.63. The van der Waals surface area contributed by atoms with Gasteiger partial charge in [-0.15, -0.1) is 18.7 Å². The predicted octanol–water partition coefficient (Wildman–Crippen LogP) is 15.2. The molecule has 10 aromatic heterocycles. The van der Waals surface area contributed by atoms with Crippen molar-refractivity contribution in [1.29, 1.82) is 0 Å². The largest absolute Gasteiger partial charge is 0.260 e. The van der Waals surface area contributed by atoms with Crippen molar-refractivity contribution < 1.29 is 23.4 Å². The summed E-state index contributed by atoms with van der Waals surface area (Å²) in [6.45, 7) is 34.1. The number of fused-ring (bicyclic) bond motifs is 5. The van der Waals surface area contributed by atoms with Crippen LogP contribution in [0.15, 0.2) is 189 Å². The van der Waals surface area contributed by atoms with E-state index in [-0.39, 0.29) is 0 Å². The highest BCUT2D eigenvalue weighted by Crippen LogP contribution is 2.28. The summed E-state index contributed by atoms with van der Waals surface area (Å²) >= 11 is 0. The smallest absolute Gasteiger partial charge is 0.259 e. The van der Waals surface area contributed by atoms with E-state index in [1.54, 1.807) is 0 Å². The molecule has 0 saturated heterocycles. The first-order valence-corrected chi connectivity index (χ1v) is 33.9. The molecular weight excluding hydrogens is 1210 g/mol. The number of hydrogen-bond acceptors (Lipinski definition) is 5. The minimum atomic E-state index is 0.395. The fourth-order valence-electron chi connectivity index (χ4n) is 13.8. The van der Waals surface area contributed by atoms with Gasteiger partial charge in [0.1, 0.15) is 40.0 Å². The molecule has 0 aliphatic rings. The Hall–Kier alpha value is -10.8. The molecule has 498 valence electrons. The van der Waals surface area contributed by atoms with Gasteiger partial charge >= 0.3 is 0 Å². The van der Waals surface area contributed by atoms with Gasteiger partial charge in [-0.3, -0.25) is 24.9 Å². The molecule has 0 saturated carbocycles. The minimum Gasteiger partial charge on any atom is -0.259 e. The van der Waals surface area contributed by atoms with E-state index in [4.69, 9.17) is 0 Å². The van der Waals surface area contributed by atoms with Gasteiger partial charge in [-0.25, -0.2) is 0 Å². The molecule has 10 heterocycles. The number of para-hydroxylation sites is 5. The van der Waals surface area contributed by atoms with Gasteiger partial charge in [0.15, 0.2) is 14.1 Å². The second-order valence-corrected chi connectivity index (χ2v) is 26.7. The maximum absolute atomic E-state index is 4.63. The second-order valence-electron chi connectivity index (χ2n) is 26.7. The third kappa shape index (κ3) is 13.2. The lowest BCUT2D eigenvalue weighted by molar-refractivity contribution is -0.742. The van der Waals surface area contributed by atoms with Crippen LogP contribution in [0.25, 0.3) is 83.0 Å². The standard InChI is InChI=1S/3C17H20N3.2C16H18N3/c1-11-10-12(2)18-13(3)17(11)20-16-9-7-6-8-15(16)14(4)19(20)5;1-12(2)15-9-13(3)17(10-18-15)20-16-8-6-5-7-14(16)11-19(20)4;1-12(2)16-17(13(3)9-10-18-16)20-15-8-6-5-7-14(15)11-19(20)4;1-11-9-12(2)17-10-16(11)19-15-8-6-5-7-14(15)13(3)18(19)4;1-11-9-10-17-12(2)16(11)19-15-8-6-5-7-14(15)13(3)18(19)4/h6-10H,1-5H3;2*5-12H,1-4H3;2*5-10H,1-4H3/q5*+1. The molecule has 0 N–H and O–H groups in total. The Morgan fingerprint density at radius 2 is 0.847 bits per heavy atom. The molecule has 15 nitrogen and oxygen atoms in total. The summed E-state index contributed by atoms with van der Waals surface area (Å²) in [6, 6.07) is 53.0. The number of nitrogens with zero attached hydrogens (tertiary/aromatic N) is 15. The molecule has 15 rings (SSSR count). The molecule has 0 radical (unpaired) electrons. The van der Waals surface area contributed by atoms with Crippen LogP contribution in [0.1, 0.15) is 119 Å². The third-order valence-corrected chi connectivity index (χ3v) is 19.0. The van der Waals surface area contributed by atoms with Crippen LogP contribution < -0.4 is 23.4 Å². The predicted molar refractivity (Wildman–Crippen MR) is 396 cm³/mol. The van der Waals surface area contributed by atoms with Gasteiger partial charge < -0.3 is 0 Å². The second kappa shape index (κ2) is 28.5. The van der Waals surface area contributed by atoms with Crippen molar-refractivity contribution in [2.45, 2.75) is 123 Å².